The molecule has 0 amide bonds. The second-order valence-corrected chi connectivity index (χ2v) is 6.22. The van der Waals surface area contributed by atoms with Crippen LogP contribution in [-0.4, -0.2) is 17.0 Å². The fourth-order valence-electron chi connectivity index (χ4n) is 2.38. The van der Waals surface area contributed by atoms with E-state index < -0.39 is 11.7 Å². The van der Waals surface area contributed by atoms with Gasteiger partial charge in [0.2, 0.25) is 5.95 Å². The molecule has 28 heavy (non-hydrogen) atoms. The first-order valence-electron chi connectivity index (χ1n) is 7.98. The minimum absolute atomic E-state index is 0.0754. The van der Waals surface area contributed by atoms with Gasteiger partial charge in [0.25, 0.3) is 0 Å². The Labute approximate surface area is 164 Å². The predicted octanol–water partition coefficient (Wildman–Crippen LogP) is 5.53. The quantitative estimate of drug-likeness (QED) is 0.620. The number of anilines is 4. The molecule has 0 atom stereocenters. The highest BCUT2D eigenvalue weighted by Gasteiger charge is 2.35. The molecule has 1 N–H and O–H groups in total. The van der Waals surface area contributed by atoms with Crippen molar-refractivity contribution in [1.29, 1.82) is 5.26 Å². The van der Waals surface area contributed by atoms with Gasteiger partial charge in [-0.25, -0.2) is 4.98 Å². The summed E-state index contributed by atoms with van der Waals surface area (Å²) in [7, 11) is 1.64. The highest BCUT2D eigenvalue weighted by molar-refractivity contribution is 6.30. The van der Waals surface area contributed by atoms with E-state index in [0.717, 1.165) is 6.20 Å². The fourth-order valence-corrected chi connectivity index (χ4v) is 2.51. The summed E-state index contributed by atoms with van der Waals surface area (Å²) in [6, 6.07) is 14.7. The van der Waals surface area contributed by atoms with E-state index in [1.807, 2.05) is 6.07 Å². The molecule has 5 nitrogen and oxygen atoms in total. The Kier molecular flexibility index (Phi) is 5.38. The third-order valence-corrected chi connectivity index (χ3v) is 4.12. The van der Waals surface area contributed by atoms with E-state index in [9.17, 15) is 13.2 Å². The lowest BCUT2D eigenvalue weighted by molar-refractivity contribution is -0.137. The maximum Gasteiger partial charge on any atom is 0.421 e. The number of hydrogen-bond donors (Lipinski definition) is 1. The summed E-state index contributed by atoms with van der Waals surface area (Å²) in [5.41, 5.74) is 0.425. The maximum atomic E-state index is 13.4. The van der Waals surface area contributed by atoms with Crippen molar-refractivity contribution < 1.29 is 13.2 Å². The largest absolute Gasteiger partial charge is 0.421 e. The molecule has 0 spiro atoms. The van der Waals surface area contributed by atoms with Crippen molar-refractivity contribution >= 4 is 34.7 Å². The second-order valence-electron chi connectivity index (χ2n) is 5.78. The lowest BCUT2D eigenvalue weighted by Crippen LogP contribution is -2.17. The molecule has 2 aromatic carbocycles. The lowest BCUT2D eigenvalue weighted by atomic mass is 10.2. The first kappa shape index (κ1) is 19.5. The average Bonchev–Trinajstić information content (AvgIpc) is 2.68. The fraction of sp³-hybridized carbons (Fsp3) is 0.105. The van der Waals surface area contributed by atoms with Crippen LogP contribution in [0.4, 0.5) is 36.3 Å². The molecule has 0 bridgehead atoms. The molecule has 9 heteroatoms. The molecule has 0 saturated carbocycles. The van der Waals surface area contributed by atoms with Gasteiger partial charge in [-0.3, -0.25) is 0 Å². The molecule has 3 aromatic rings. The van der Waals surface area contributed by atoms with Gasteiger partial charge in [-0.15, -0.1) is 0 Å². The normalized spacial score (nSPS) is 11.0. The summed E-state index contributed by atoms with van der Waals surface area (Å²) in [5, 5.41) is 12.0. The third kappa shape index (κ3) is 4.32. The predicted molar refractivity (Wildman–Crippen MR) is 101 cm³/mol. The Bertz CT molecular complexity index is 1010. The van der Waals surface area contributed by atoms with Crippen molar-refractivity contribution in [2.45, 2.75) is 6.18 Å². The number of benzene rings is 2. The zero-order chi connectivity index (χ0) is 20.3. The van der Waals surface area contributed by atoms with E-state index in [4.69, 9.17) is 16.9 Å². The number of alkyl halides is 3. The van der Waals surface area contributed by atoms with Crippen LogP contribution in [0.1, 0.15) is 11.1 Å². The van der Waals surface area contributed by atoms with Crippen LogP contribution in [0.5, 0.6) is 0 Å². The van der Waals surface area contributed by atoms with Crippen molar-refractivity contribution in [3.63, 3.8) is 0 Å². The zero-order valence-corrected chi connectivity index (χ0v) is 15.3. The van der Waals surface area contributed by atoms with Crippen molar-refractivity contribution in [2.75, 3.05) is 17.3 Å². The molecule has 0 fully saturated rings. The smallest absolute Gasteiger partial charge is 0.340 e. The van der Waals surface area contributed by atoms with E-state index in [0.29, 0.717) is 22.0 Å². The minimum Gasteiger partial charge on any atom is -0.340 e. The van der Waals surface area contributed by atoms with E-state index in [1.165, 1.54) is 24.3 Å². The van der Waals surface area contributed by atoms with Gasteiger partial charge in [0.05, 0.1) is 11.6 Å². The van der Waals surface area contributed by atoms with E-state index in [1.54, 1.807) is 36.2 Å². The number of aromatic nitrogens is 2. The van der Waals surface area contributed by atoms with Crippen molar-refractivity contribution in [2.24, 2.45) is 0 Å². The lowest BCUT2D eigenvalue weighted by Gasteiger charge is -2.20. The monoisotopic (exact) mass is 403 g/mol. The first-order valence-corrected chi connectivity index (χ1v) is 8.36. The Morgan fingerprint density at radius 1 is 1.07 bits per heavy atom. The Balaban J connectivity index is 1.99. The summed E-state index contributed by atoms with van der Waals surface area (Å²) >= 11 is 5.87. The SMILES string of the molecule is CN(c1ccc(Cl)cc1)c1ncc(C(F)(F)F)c(Nc2ccc(C#N)cc2)n1. The van der Waals surface area contributed by atoms with E-state index >= 15 is 0 Å². The Morgan fingerprint density at radius 2 is 1.71 bits per heavy atom. The summed E-state index contributed by atoms with van der Waals surface area (Å²) in [4.78, 5) is 9.46. The summed E-state index contributed by atoms with van der Waals surface area (Å²) in [6.07, 6.45) is -3.90. The van der Waals surface area contributed by atoms with Crippen LogP contribution in [0.25, 0.3) is 0 Å². The van der Waals surface area contributed by atoms with Gasteiger partial charge >= 0.3 is 6.18 Å². The van der Waals surface area contributed by atoms with Gasteiger partial charge in [-0.2, -0.15) is 23.4 Å². The number of hydrogen-bond acceptors (Lipinski definition) is 5. The number of nitrogens with one attached hydrogen (secondary N) is 1. The van der Waals surface area contributed by atoms with E-state index in [2.05, 4.69) is 15.3 Å². The first-order chi connectivity index (χ1) is 13.3. The summed E-state index contributed by atoms with van der Waals surface area (Å²) < 4.78 is 40.1. The van der Waals surface area contributed by atoms with Crippen LogP contribution in [-0.2, 0) is 6.18 Å². The van der Waals surface area contributed by atoms with Gasteiger partial charge in [-0.05, 0) is 48.5 Å². The highest BCUT2D eigenvalue weighted by atomic mass is 35.5. The summed E-state index contributed by atoms with van der Waals surface area (Å²) in [5.74, 6) is -0.311. The summed E-state index contributed by atoms with van der Waals surface area (Å²) in [6.45, 7) is 0. The van der Waals surface area contributed by atoms with Crippen molar-refractivity contribution in [1.82, 2.24) is 9.97 Å². The topological polar surface area (TPSA) is 64.8 Å². The molecule has 0 radical (unpaired) electrons. The van der Waals surface area contributed by atoms with Crippen LogP contribution in [0, 0.1) is 11.3 Å². The molecular weight excluding hydrogens is 391 g/mol. The standard InChI is InChI=1S/C19H13ClF3N5/c1-28(15-8-4-13(20)5-9-15)18-25-11-16(19(21,22)23)17(27-18)26-14-6-2-12(10-24)3-7-14/h2-9,11H,1H3,(H,25,26,27). The van der Waals surface area contributed by atoms with E-state index in [-0.39, 0.29) is 11.8 Å². The second kappa shape index (κ2) is 7.74. The van der Waals surface area contributed by atoms with Crippen LogP contribution in [0.2, 0.25) is 5.02 Å². The molecule has 1 heterocycles. The minimum atomic E-state index is -4.63. The van der Waals surface area contributed by atoms with Crippen LogP contribution in [0.15, 0.2) is 54.7 Å². The van der Waals surface area contributed by atoms with Crippen molar-refractivity contribution in [3.05, 3.63) is 70.9 Å². The molecule has 3 rings (SSSR count). The number of nitriles is 1. The molecule has 0 aliphatic heterocycles. The zero-order valence-electron chi connectivity index (χ0n) is 14.5. The van der Waals surface area contributed by atoms with Crippen LogP contribution in [0.3, 0.4) is 0 Å². The third-order valence-electron chi connectivity index (χ3n) is 3.87. The molecule has 1 aromatic heterocycles. The van der Waals surface area contributed by atoms with Crippen LogP contribution >= 0.6 is 11.6 Å². The van der Waals surface area contributed by atoms with Gasteiger partial charge in [0, 0.05) is 29.6 Å². The molecule has 0 saturated heterocycles. The Hall–Kier alpha value is -3.31. The van der Waals surface area contributed by atoms with Gasteiger partial charge in [0.1, 0.15) is 11.4 Å². The van der Waals surface area contributed by atoms with Gasteiger partial charge in [-0.1, -0.05) is 11.6 Å². The van der Waals surface area contributed by atoms with Crippen molar-refractivity contribution in [3.8, 4) is 6.07 Å². The molecule has 0 aliphatic carbocycles. The van der Waals surface area contributed by atoms with Gasteiger partial charge in [0.15, 0.2) is 0 Å². The number of halogens is 4. The number of nitrogens with zero attached hydrogens (tertiary/aromatic N) is 4. The highest BCUT2D eigenvalue weighted by Crippen LogP contribution is 2.36. The average molecular weight is 404 g/mol. The molecule has 0 unspecified atom stereocenters. The van der Waals surface area contributed by atoms with Gasteiger partial charge < -0.3 is 10.2 Å². The number of rotatable bonds is 4. The maximum absolute atomic E-state index is 13.4. The molecular formula is C19H13ClF3N5. The van der Waals surface area contributed by atoms with Crippen LogP contribution < -0.4 is 10.2 Å². The Morgan fingerprint density at radius 3 is 2.29 bits per heavy atom. The molecule has 142 valence electrons. The molecule has 0 aliphatic rings.